The fourth-order valence-electron chi connectivity index (χ4n) is 1.65. The molecule has 3 amide bonds. The molecule has 1 saturated heterocycles. The maximum atomic E-state index is 12.1. The van der Waals surface area contributed by atoms with E-state index in [0.717, 1.165) is 16.7 Å². The van der Waals surface area contributed by atoms with Crippen LogP contribution in [0.5, 0.6) is 0 Å². The van der Waals surface area contributed by atoms with Crippen molar-refractivity contribution in [3.8, 4) is 0 Å². The van der Waals surface area contributed by atoms with E-state index in [0.29, 0.717) is 18.7 Å². The number of thioether (sulfide) groups is 1. The SMILES string of the molecule is O=C(CN1C(=O)S/C(=C\c2ccco2)C1=O)NCCCO. The van der Waals surface area contributed by atoms with Crippen molar-refractivity contribution in [2.75, 3.05) is 19.7 Å². The summed E-state index contributed by atoms with van der Waals surface area (Å²) in [6, 6.07) is 3.33. The number of nitrogens with zero attached hydrogens (tertiary/aromatic N) is 1. The molecule has 0 atom stereocenters. The Hall–Kier alpha value is -2.06. The van der Waals surface area contributed by atoms with Gasteiger partial charge in [-0.15, -0.1) is 0 Å². The highest BCUT2D eigenvalue weighted by molar-refractivity contribution is 8.18. The highest BCUT2D eigenvalue weighted by atomic mass is 32.2. The van der Waals surface area contributed by atoms with Gasteiger partial charge in [0.25, 0.3) is 11.1 Å². The molecule has 2 heterocycles. The second-order valence-electron chi connectivity index (χ2n) is 4.21. The molecule has 21 heavy (non-hydrogen) atoms. The van der Waals surface area contributed by atoms with Crippen LogP contribution in [0.2, 0.25) is 0 Å². The van der Waals surface area contributed by atoms with Gasteiger partial charge >= 0.3 is 0 Å². The molecular weight excluding hydrogens is 296 g/mol. The first-order valence-corrected chi connectivity index (χ1v) is 7.10. The zero-order valence-corrected chi connectivity index (χ0v) is 11.9. The standard InChI is InChI=1S/C13H14N2O5S/c16-5-2-4-14-11(17)8-15-12(18)10(21-13(15)19)7-9-3-1-6-20-9/h1,3,6-7,16H,2,4-5,8H2,(H,14,17)/b10-7-. The number of carbonyl (C=O) groups is 3. The highest BCUT2D eigenvalue weighted by Crippen LogP contribution is 2.31. The van der Waals surface area contributed by atoms with Gasteiger partial charge in [-0.25, -0.2) is 0 Å². The highest BCUT2D eigenvalue weighted by Gasteiger charge is 2.36. The van der Waals surface area contributed by atoms with Crippen molar-refractivity contribution in [3.63, 3.8) is 0 Å². The minimum Gasteiger partial charge on any atom is -0.465 e. The molecule has 1 aliphatic heterocycles. The number of aliphatic hydroxyl groups excluding tert-OH is 1. The maximum Gasteiger partial charge on any atom is 0.294 e. The average Bonchev–Trinajstić information content (AvgIpc) is 3.04. The number of rotatable bonds is 6. The Morgan fingerprint density at radius 1 is 1.48 bits per heavy atom. The van der Waals surface area contributed by atoms with Gasteiger partial charge in [0.1, 0.15) is 12.3 Å². The molecule has 8 heteroatoms. The Balaban J connectivity index is 1.97. The van der Waals surface area contributed by atoms with Gasteiger partial charge in [0, 0.05) is 19.2 Å². The fourth-order valence-corrected chi connectivity index (χ4v) is 2.46. The normalized spacial score (nSPS) is 16.8. The molecule has 0 spiro atoms. The quantitative estimate of drug-likeness (QED) is 0.596. The molecule has 2 N–H and O–H groups in total. The van der Waals surface area contributed by atoms with E-state index in [2.05, 4.69) is 5.32 Å². The van der Waals surface area contributed by atoms with E-state index in [1.165, 1.54) is 12.3 Å². The van der Waals surface area contributed by atoms with Crippen LogP contribution in [0.25, 0.3) is 6.08 Å². The Morgan fingerprint density at radius 2 is 2.29 bits per heavy atom. The lowest BCUT2D eigenvalue weighted by atomic mass is 10.3. The molecule has 1 aromatic heterocycles. The van der Waals surface area contributed by atoms with Crippen LogP contribution in [0.4, 0.5) is 4.79 Å². The minimum atomic E-state index is -0.515. The van der Waals surface area contributed by atoms with Crippen LogP contribution in [0, 0.1) is 0 Å². The summed E-state index contributed by atoms with van der Waals surface area (Å²) in [6.07, 6.45) is 3.35. The second kappa shape index (κ2) is 7.09. The molecule has 0 aromatic carbocycles. The van der Waals surface area contributed by atoms with E-state index in [1.807, 2.05) is 0 Å². The number of imide groups is 1. The Bertz CT molecular complexity index is 567. The van der Waals surface area contributed by atoms with E-state index in [-0.39, 0.29) is 18.1 Å². The van der Waals surface area contributed by atoms with Crippen molar-refractivity contribution in [2.45, 2.75) is 6.42 Å². The summed E-state index contributed by atoms with van der Waals surface area (Å²) in [5, 5.41) is 10.6. The molecule has 0 bridgehead atoms. The monoisotopic (exact) mass is 310 g/mol. The second-order valence-corrected chi connectivity index (χ2v) is 5.20. The number of furan rings is 1. The van der Waals surface area contributed by atoms with Crippen molar-refractivity contribution in [1.29, 1.82) is 0 Å². The van der Waals surface area contributed by atoms with Crippen LogP contribution in [0.3, 0.4) is 0 Å². The molecular formula is C13H14N2O5S. The molecule has 112 valence electrons. The molecule has 1 aliphatic rings. The third-order valence-electron chi connectivity index (χ3n) is 2.65. The van der Waals surface area contributed by atoms with Gasteiger partial charge in [-0.3, -0.25) is 19.3 Å². The molecule has 0 unspecified atom stereocenters. The third-order valence-corrected chi connectivity index (χ3v) is 3.56. The average molecular weight is 310 g/mol. The van der Waals surface area contributed by atoms with Gasteiger partial charge < -0.3 is 14.8 Å². The predicted octanol–water partition coefficient (Wildman–Crippen LogP) is 0.815. The summed E-state index contributed by atoms with van der Waals surface area (Å²) >= 11 is 0.769. The lowest BCUT2D eigenvalue weighted by Crippen LogP contribution is -2.39. The number of hydrogen-bond donors (Lipinski definition) is 2. The van der Waals surface area contributed by atoms with Crippen LogP contribution >= 0.6 is 11.8 Å². The minimum absolute atomic E-state index is 0.0340. The van der Waals surface area contributed by atoms with Gasteiger partial charge in [0.2, 0.25) is 5.91 Å². The molecule has 1 aromatic rings. The van der Waals surface area contributed by atoms with Crippen LogP contribution in [0.15, 0.2) is 27.7 Å². The molecule has 7 nitrogen and oxygen atoms in total. The summed E-state index contributed by atoms with van der Waals surface area (Å²) in [5.41, 5.74) is 0. The molecule has 0 aliphatic carbocycles. The molecule has 0 saturated carbocycles. The summed E-state index contributed by atoms with van der Waals surface area (Å²) < 4.78 is 5.09. The number of hydrogen-bond acceptors (Lipinski definition) is 6. The van der Waals surface area contributed by atoms with Crippen LogP contribution in [-0.4, -0.2) is 46.8 Å². The van der Waals surface area contributed by atoms with Gasteiger partial charge in [-0.05, 0) is 30.3 Å². The van der Waals surface area contributed by atoms with Gasteiger partial charge in [-0.1, -0.05) is 0 Å². The molecule has 2 rings (SSSR count). The number of carbonyl (C=O) groups excluding carboxylic acids is 3. The van der Waals surface area contributed by atoms with Crippen LogP contribution < -0.4 is 5.32 Å². The van der Waals surface area contributed by atoms with Crippen molar-refractivity contribution >= 4 is 34.9 Å². The van der Waals surface area contributed by atoms with Crippen molar-refractivity contribution in [3.05, 3.63) is 29.1 Å². The van der Waals surface area contributed by atoms with Crippen LogP contribution in [0.1, 0.15) is 12.2 Å². The number of aliphatic hydroxyl groups is 1. The van der Waals surface area contributed by atoms with Crippen molar-refractivity contribution in [1.82, 2.24) is 10.2 Å². The first-order valence-electron chi connectivity index (χ1n) is 6.28. The smallest absolute Gasteiger partial charge is 0.294 e. The summed E-state index contributed by atoms with van der Waals surface area (Å²) in [5.74, 6) is -0.489. The van der Waals surface area contributed by atoms with Crippen molar-refractivity contribution < 1.29 is 23.9 Å². The summed E-state index contributed by atoms with van der Waals surface area (Å²) in [4.78, 5) is 36.5. The van der Waals surface area contributed by atoms with E-state index < -0.39 is 17.1 Å². The van der Waals surface area contributed by atoms with Crippen molar-refractivity contribution in [2.24, 2.45) is 0 Å². The van der Waals surface area contributed by atoms with Gasteiger partial charge in [-0.2, -0.15) is 0 Å². The van der Waals surface area contributed by atoms with Gasteiger partial charge in [0.05, 0.1) is 11.2 Å². The Kier molecular flexibility index (Phi) is 5.18. The van der Waals surface area contributed by atoms with Crippen LogP contribution in [-0.2, 0) is 9.59 Å². The molecule has 0 radical (unpaired) electrons. The molecule has 1 fully saturated rings. The fraction of sp³-hybridized carbons (Fsp3) is 0.308. The first-order chi connectivity index (χ1) is 10.1. The zero-order chi connectivity index (χ0) is 15.2. The number of nitrogens with one attached hydrogen (secondary N) is 1. The lowest BCUT2D eigenvalue weighted by molar-refractivity contribution is -0.129. The van der Waals surface area contributed by atoms with E-state index in [9.17, 15) is 14.4 Å². The van der Waals surface area contributed by atoms with E-state index >= 15 is 0 Å². The summed E-state index contributed by atoms with van der Waals surface area (Å²) in [7, 11) is 0. The maximum absolute atomic E-state index is 12.1. The van der Waals surface area contributed by atoms with E-state index in [1.54, 1.807) is 12.1 Å². The van der Waals surface area contributed by atoms with Gasteiger partial charge in [0.15, 0.2) is 0 Å². The Labute approximate surface area is 125 Å². The van der Waals surface area contributed by atoms with E-state index in [4.69, 9.17) is 9.52 Å². The Morgan fingerprint density at radius 3 is 2.95 bits per heavy atom. The first kappa shape index (κ1) is 15.3. The lowest BCUT2D eigenvalue weighted by Gasteiger charge is -2.11. The topological polar surface area (TPSA) is 99.9 Å². The largest absolute Gasteiger partial charge is 0.465 e. The predicted molar refractivity (Wildman–Crippen MR) is 76.1 cm³/mol. The third kappa shape index (κ3) is 3.96. The zero-order valence-electron chi connectivity index (χ0n) is 11.1. The number of amides is 3. The summed E-state index contributed by atoms with van der Waals surface area (Å²) in [6.45, 7) is -0.0624.